The first-order chi connectivity index (χ1) is 16.3. The lowest BCUT2D eigenvalue weighted by Crippen LogP contribution is -2.14. The highest BCUT2D eigenvalue weighted by Gasteiger charge is 2.23. The molecule has 0 radical (unpaired) electrons. The van der Waals surface area contributed by atoms with Gasteiger partial charge in [0.25, 0.3) is 15.9 Å². The Balaban J connectivity index is 1.65. The van der Waals surface area contributed by atoms with E-state index in [9.17, 15) is 13.2 Å². The zero-order valence-electron chi connectivity index (χ0n) is 18.0. The van der Waals surface area contributed by atoms with E-state index < -0.39 is 10.0 Å². The summed E-state index contributed by atoms with van der Waals surface area (Å²) in [5, 5.41) is 4.78. The van der Waals surface area contributed by atoms with Crippen LogP contribution in [-0.4, -0.2) is 14.3 Å². The van der Waals surface area contributed by atoms with Crippen molar-refractivity contribution in [2.24, 2.45) is 0 Å². The van der Waals surface area contributed by atoms with E-state index in [2.05, 4.69) is 26.0 Å². The highest BCUT2D eigenvalue weighted by molar-refractivity contribution is 9.10. The van der Waals surface area contributed by atoms with Crippen LogP contribution < -0.4 is 10.0 Å². The Hall–Kier alpha value is -3.62. The van der Waals surface area contributed by atoms with E-state index in [1.165, 1.54) is 12.1 Å². The van der Waals surface area contributed by atoms with Gasteiger partial charge in [-0.3, -0.25) is 9.52 Å². The Morgan fingerprint density at radius 3 is 2.21 bits per heavy atom. The Kier molecular flexibility index (Phi) is 5.63. The second-order valence-electron chi connectivity index (χ2n) is 7.76. The maximum atomic E-state index is 13.2. The molecule has 0 aliphatic heterocycles. The van der Waals surface area contributed by atoms with E-state index in [1.54, 1.807) is 37.3 Å². The zero-order chi connectivity index (χ0) is 23.9. The molecule has 0 spiro atoms. The Morgan fingerprint density at radius 1 is 0.853 bits per heavy atom. The number of carbonyl (C=O) groups is 1. The molecule has 0 aliphatic rings. The Bertz CT molecular complexity index is 1640. The van der Waals surface area contributed by atoms with Crippen molar-refractivity contribution in [3.8, 4) is 0 Å². The average molecular weight is 535 g/mol. The van der Waals surface area contributed by atoms with Crippen molar-refractivity contribution >= 4 is 65.0 Å². The molecule has 8 heteroatoms. The number of hydrogen-bond acceptors (Lipinski definition) is 4. The maximum Gasteiger partial charge on any atom is 0.261 e. The van der Waals surface area contributed by atoms with E-state index in [1.807, 2.05) is 42.5 Å². The van der Waals surface area contributed by atoms with Crippen molar-refractivity contribution < 1.29 is 17.6 Å². The number of amides is 1. The molecule has 4 aromatic carbocycles. The van der Waals surface area contributed by atoms with Crippen LogP contribution in [0.25, 0.3) is 21.7 Å². The molecule has 0 bridgehead atoms. The second kappa shape index (κ2) is 8.62. The van der Waals surface area contributed by atoms with Crippen LogP contribution >= 0.6 is 15.9 Å². The highest BCUT2D eigenvalue weighted by atomic mass is 79.9. The van der Waals surface area contributed by atoms with Gasteiger partial charge in [0, 0.05) is 26.3 Å². The summed E-state index contributed by atoms with van der Waals surface area (Å²) in [5.41, 5.74) is 1.89. The number of furan rings is 1. The van der Waals surface area contributed by atoms with Gasteiger partial charge in [0.1, 0.15) is 11.3 Å². The normalized spacial score (nSPS) is 11.6. The first-order valence-corrected chi connectivity index (χ1v) is 12.7. The van der Waals surface area contributed by atoms with Crippen molar-refractivity contribution in [1.82, 2.24) is 0 Å². The number of aryl methyl sites for hydroxylation is 1. The SMILES string of the molecule is Cc1oc2c(cc(NS(=O)(=O)c3ccc(Br)cc3)c3ccccc32)c1C(=O)Nc1ccccc1. The summed E-state index contributed by atoms with van der Waals surface area (Å²) in [4.78, 5) is 13.3. The molecule has 1 aromatic heterocycles. The van der Waals surface area contributed by atoms with Gasteiger partial charge in [-0.15, -0.1) is 0 Å². The fourth-order valence-electron chi connectivity index (χ4n) is 3.94. The van der Waals surface area contributed by atoms with Gasteiger partial charge in [0.05, 0.1) is 16.1 Å². The number of benzene rings is 4. The smallest absolute Gasteiger partial charge is 0.261 e. The van der Waals surface area contributed by atoms with Gasteiger partial charge in [0.2, 0.25) is 0 Å². The van der Waals surface area contributed by atoms with Gasteiger partial charge < -0.3 is 9.73 Å². The van der Waals surface area contributed by atoms with Gasteiger partial charge in [-0.25, -0.2) is 8.42 Å². The topological polar surface area (TPSA) is 88.4 Å². The standard InChI is InChI=1S/C26H19BrN2O4S/c1-16-24(26(30)28-18-7-3-2-4-8-18)22-15-23(20-9-5-6-10-21(20)25(22)33-16)29-34(31,32)19-13-11-17(27)12-14-19/h2-15,29H,1H3,(H,28,30). The van der Waals surface area contributed by atoms with Crippen LogP contribution in [-0.2, 0) is 10.0 Å². The molecule has 0 atom stereocenters. The summed E-state index contributed by atoms with van der Waals surface area (Å²) < 4.78 is 35.7. The van der Waals surface area contributed by atoms with E-state index in [-0.39, 0.29) is 10.8 Å². The van der Waals surface area contributed by atoms with Crippen molar-refractivity contribution in [2.45, 2.75) is 11.8 Å². The number of sulfonamides is 1. The Morgan fingerprint density at radius 2 is 1.50 bits per heavy atom. The van der Waals surface area contributed by atoms with Crippen molar-refractivity contribution in [1.29, 1.82) is 0 Å². The maximum absolute atomic E-state index is 13.2. The van der Waals surface area contributed by atoms with Crippen LogP contribution in [0.1, 0.15) is 16.1 Å². The molecule has 0 unspecified atom stereocenters. The Labute approximate surface area is 204 Å². The molecule has 0 fully saturated rings. The fraction of sp³-hybridized carbons (Fsp3) is 0.0385. The van der Waals surface area contributed by atoms with Crippen LogP contribution in [0.5, 0.6) is 0 Å². The summed E-state index contributed by atoms with van der Waals surface area (Å²) in [6, 6.07) is 24.5. The van der Waals surface area contributed by atoms with Crippen molar-refractivity contribution in [3.63, 3.8) is 0 Å². The number of para-hydroxylation sites is 1. The fourth-order valence-corrected chi connectivity index (χ4v) is 5.27. The molecule has 1 heterocycles. The number of carbonyl (C=O) groups excluding carboxylic acids is 1. The summed E-state index contributed by atoms with van der Waals surface area (Å²) in [5.74, 6) is 0.112. The second-order valence-corrected chi connectivity index (χ2v) is 10.4. The number of nitrogens with one attached hydrogen (secondary N) is 2. The molecule has 6 nitrogen and oxygen atoms in total. The third-order valence-electron chi connectivity index (χ3n) is 5.50. The number of fused-ring (bicyclic) bond motifs is 3. The van der Waals surface area contributed by atoms with Crippen LogP contribution in [0, 0.1) is 6.92 Å². The van der Waals surface area contributed by atoms with E-state index in [0.29, 0.717) is 44.4 Å². The monoisotopic (exact) mass is 534 g/mol. The lowest BCUT2D eigenvalue weighted by molar-refractivity contribution is 0.102. The third-order valence-corrected chi connectivity index (χ3v) is 7.41. The van der Waals surface area contributed by atoms with E-state index in [0.717, 1.165) is 4.47 Å². The predicted molar refractivity (Wildman–Crippen MR) is 138 cm³/mol. The molecule has 5 aromatic rings. The third kappa shape index (κ3) is 4.06. The summed E-state index contributed by atoms with van der Waals surface area (Å²) >= 11 is 3.32. The van der Waals surface area contributed by atoms with Gasteiger partial charge in [0.15, 0.2) is 0 Å². The molecule has 0 aliphatic carbocycles. The lowest BCUT2D eigenvalue weighted by Gasteiger charge is -2.12. The van der Waals surface area contributed by atoms with Gasteiger partial charge in [-0.2, -0.15) is 0 Å². The number of halogens is 1. The molecule has 0 saturated heterocycles. The number of rotatable bonds is 5. The minimum absolute atomic E-state index is 0.130. The highest BCUT2D eigenvalue weighted by Crippen LogP contribution is 2.37. The van der Waals surface area contributed by atoms with Crippen LogP contribution in [0.2, 0.25) is 0 Å². The van der Waals surface area contributed by atoms with Crippen molar-refractivity contribution in [3.05, 3.63) is 101 Å². The van der Waals surface area contributed by atoms with Gasteiger partial charge >= 0.3 is 0 Å². The molecular formula is C26H19BrN2O4S. The quantitative estimate of drug-likeness (QED) is 0.262. The first-order valence-electron chi connectivity index (χ1n) is 10.4. The van der Waals surface area contributed by atoms with E-state index in [4.69, 9.17) is 4.42 Å². The van der Waals surface area contributed by atoms with Crippen molar-refractivity contribution in [2.75, 3.05) is 10.0 Å². The minimum Gasteiger partial charge on any atom is -0.460 e. The predicted octanol–water partition coefficient (Wildman–Crippen LogP) is 6.71. The lowest BCUT2D eigenvalue weighted by atomic mass is 10.0. The molecular weight excluding hydrogens is 516 g/mol. The van der Waals surface area contributed by atoms with E-state index >= 15 is 0 Å². The first kappa shape index (κ1) is 22.2. The molecule has 0 saturated carbocycles. The molecule has 2 N–H and O–H groups in total. The van der Waals surface area contributed by atoms with Crippen LogP contribution in [0.3, 0.4) is 0 Å². The van der Waals surface area contributed by atoms with Gasteiger partial charge in [-0.05, 0) is 49.4 Å². The average Bonchev–Trinajstić information content (AvgIpc) is 3.16. The number of anilines is 2. The summed E-state index contributed by atoms with van der Waals surface area (Å²) in [6.07, 6.45) is 0. The van der Waals surface area contributed by atoms with Crippen LogP contribution in [0.15, 0.2) is 98.7 Å². The van der Waals surface area contributed by atoms with Crippen LogP contribution in [0.4, 0.5) is 11.4 Å². The molecule has 1 amide bonds. The summed E-state index contributed by atoms with van der Waals surface area (Å²) in [6.45, 7) is 1.72. The largest absolute Gasteiger partial charge is 0.460 e. The molecule has 5 rings (SSSR count). The molecule has 34 heavy (non-hydrogen) atoms. The number of hydrogen-bond donors (Lipinski definition) is 2. The molecule has 170 valence electrons. The zero-order valence-corrected chi connectivity index (χ0v) is 20.4. The van der Waals surface area contributed by atoms with Gasteiger partial charge in [-0.1, -0.05) is 58.4 Å². The summed E-state index contributed by atoms with van der Waals surface area (Å²) in [7, 11) is -3.87. The minimum atomic E-state index is -3.87.